The Morgan fingerprint density at radius 3 is 2.55 bits per heavy atom. The first-order valence-electron chi connectivity index (χ1n) is 6.12. The molecule has 5 heteroatoms. The highest BCUT2D eigenvalue weighted by Crippen LogP contribution is 2.29. The standard InChI is InChI=1S/C15H11ClIN3/c1-8-7-11(10-5-3-4-6-12(10)18-8)15-19-9(2)13(17)14(16)20-15/h3-7H,1-2H3. The molecule has 3 aromatic rings. The number of pyridine rings is 1. The normalized spacial score (nSPS) is 11.0. The van der Waals surface area contributed by atoms with Crippen molar-refractivity contribution in [3.63, 3.8) is 0 Å². The summed E-state index contributed by atoms with van der Waals surface area (Å²) in [5, 5.41) is 1.53. The number of halogens is 2. The van der Waals surface area contributed by atoms with Gasteiger partial charge in [0.25, 0.3) is 0 Å². The van der Waals surface area contributed by atoms with Crippen molar-refractivity contribution in [2.45, 2.75) is 13.8 Å². The number of fused-ring (bicyclic) bond motifs is 1. The lowest BCUT2D eigenvalue weighted by atomic mass is 10.1. The van der Waals surface area contributed by atoms with Gasteiger partial charge in [-0.3, -0.25) is 4.98 Å². The Hall–Kier alpha value is -1.27. The molecule has 1 aromatic carbocycles. The smallest absolute Gasteiger partial charge is 0.161 e. The van der Waals surface area contributed by atoms with Gasteiger partial charge in [-0.2, -0.15) is 0 Å². The van der Waals surface area contributed by atoms with Crippen LogP contribution in [0.2, 0.25) is 5.15 Å². The van der Waals surface area contributed by atoms with Crippen molar-refractivity contribution in [3.05, 3.63) is 50.4 Å². The first-order chi connectivity index (χ1) is 9.56. The molecular formula is C15H11ClIN3. The number of benzene rings is 1. The molecule has 0 aliphatic heterocycles. The topological polar surface area (TPSA) is 38.7 Å². The van der Waals surface area contributed by atoms with Gasteiger partial charge in [0.15, 0.2) is 5.82 Å². The second kappa shape index (κ2) is 5.26. The summed E-state index contributed by atoms with van der Waals surface area (Å²) >= 11 is 8.35. The van der Waals surface area contributed by atoms with Gasteiger partial charge in [0, 0.05) is 16.6 Å². The van der Waals surface area contributed by atoms with Crippen molar-refractivity contribution in [2.75, 3.05) is 0 Å². The van der Waals surface area contributed by atoms with Crippen LogP contribution in [-0.2, 0) is 0 Å². The number of hydrogen-bond acceptors (Lipinski definition) is 3. The van der Waals surface area contributed by atoms with Crippen molar-refractivity contribution >= 4 is 45.1 Å². The molecule has 0 radical (unpaired) electrons. The maximum absolute atomic E-state index is 6.19. The number of hydrogen-bond donors (Lipinski definition) is 0. The Kier molecular flexibility index (Phi) is 3.60. The lowest BCUT2D eigenvalue weighted by Gasteiger charge is -2.09. The molecule has 2 aromatic heterocycles. The molecule has 0 amide bonds. The zero-order chi connectivity index (χ0) is 14.3. The predicted octanol–water partition coefficient (Wildman–Crippen LogP) is 4.57. The van der Waals surface area contributed by atoms with E-state index in [0.29, 0.717) is 11.0 Å². The Labute approximate surface area is 135 Å². The van der Waals surface area contributed by atoms with Gasteiger partial charge in [0.05, 0.1) is 14.8 Å². The van der Waals surface area contributed by atoms with Crippen LogP contribution >= 0.6 is 34.2 Å². The lowest BCUT2D eigenvalue weighted by Crippen LogP contribution is -1.98. The van der Waals surface area contributed by atoms with Crippen molar-refractivity contribution in [1.82, 2.24) is 15.0 Å². The molecule has 0 saturated carbocycles. The predicted molar refractivity (Wildman–Crippen MR) is 90.0 cm³/mol. The van der Waals surface area contributed by atoms with Crippen LogP contribution in [0.4, 0.5) is 0 Å². The molecule has 100 valence electrons. The number of para-hydroxylation sites is 1. The maximum Gasteiger partial charge on any atom is 0.161 e. The molecule has 0 fully saturated rings. The SMILES string of the molecule is Cc1cc(-c2nc(C)c(I)c(Cl)n2)c2ccccc2n1. The summed E-state index contributed by atoms with van der Waals surface area (Å²) in [5.74, 6) is 0.648. The minimum Gasteiger partial charge on any atom is -0.253 e. The van der Waals surface area contributed by atoms with Gasteiger partial charge >= 0.3 is 0 Å². The molecule has 20 heavy (non-hydrogen) atoms. The molecule has 0 atom stereocenters. The average molecular weight is 396 g/mol. The van der Waals surface area contributed by atoms with Crippen LogP contribution in [0.5, 0.6) is 0 Å². The quantitative estimate of drug-likeness (QED) is 0.448. The van der Waals surface area contributed by atoms with Crippen LogP contribution in [0.3, 0.4) is 0 Å². The molecule has 0 spiro atoms. The first-order valence-corrected chi connectivity index (χ1v) is 7.58. The van der Waals surface area contributed by atoms with E-state index >= 15 is 0 Å². The number of nitrogens with zero attached hydrogens (tertiary/aromatic N) is 3. The monoisotopic (exact) mass is 395 g/mol. The van der Waals surface area contributed by atoms with Crippen LogP contribution in [0.25, 0.3) is 22.3 Å². The molecule has 0 aliphatic carbocycles. The van der Waals surface area contributed by atoms with Crippen LogP contribution in [0.1, 0.15) is 11.4 Å². The average Bonchev–Trinajstić information content (AvgIpc) is 2.43. The van der Waals surface area contributed by atoms with Gasteiger partial charge in [-0.25, -0.2) is 9.97 Å². The summed E-state index contributed by atoms with van der Waals surface area (Å²) in [4.78, 5) is 13.5. The molecular weight excluding hydrogens is 385 g/mol. The second-order valence-corrected chi connectivity index (χ2v) is 6.00. The Morgan fingerprint density at radius 2 is 1.80 bits per heavy atom. The van der Waals surface area contributed by atoms with Crippen molar-refractivity contribution in [2.24, 2.45) is 0 Å². The van der Waals surface area contributed by atoms with Crippen LogP contribution in [0, 0.1) is 17.4 Å². The Balaban J connectivity index is 2.34. The van der Waals surface area contributed by atoms with Gasteiger partial charge in [-0.05, 0) is 48.6 Å². The highest BCUT2D eigenvalue weighted by molar-refractivity contribution is 14.1. The molecule has 0 N–H and O–H groups in total. The van der Waals surface area contributed by atoms with E-state index in [9.17, 15) is 0 Å². The first kappa shape index (κ1) is 13.7. The largest absolute Gasteiger partial charge is 0.253 e. The van der Waals surface area contributed by atoms with Crippen molar-refractivity contribution < 1.29 is 0 Å². The van der Waals surface area contributed by atoms with Gasteiger partial charge in [0.2, 0.25) is 0 Å². The highest BCUT2D eigenvalue weighted by Gasteiger charge is 2.12. The minimum atomic E-state index is 0.492. The third kappa shape index (κ3) is 2.38. The fourth-order valence-electron chi connectivity index (χ4n) is 2.14. The molecule has 3 nitrogen and oxygen atoms in total. The lowest BCUT2D eigenvalue weighted by molar-refractivity contribution is 1.09. The fraction of sp³-hybridized carbons (Fsp3) is 0.133. The zero-order valence-electron chi connectivity index (χ0n) is 11.0. The van der Waals surface area contributed by atoms with Crippen molar-refractivity contribution in [3.8, 4) is 11.4 Å². The van der Waals surface area contributed by atoms with E-state index in [1.165, 1.54) is 0 Å². The minimum absolute atomic E-state index is 0.492. The summed E-state index contributed by atoms with van der Waals surface area (Å²) in [7, 11) is 0. The maximum atomic E-state index is 6.19. The van der Waals surface area contributed by atoms with Crippen LogP contribution < -0.4 is 0 Å². The van der Waals surface area contributed by atoms with E-state index in [4.69, 9.17) is 11.6 Å². The van der Waals surface area contributed by atoms with Gasteiger partial charge in [-0.1, -0.05) is 29.8 Å². The van der Waals surface area contributed by atoms with E-state index in [0.717, 1.165) is 31.4 Å². The van der Waals surface area contributed by atoms with Crippen molar-refractivity contribution in [1.29, 1.82) is 0 Å². The number of aryl methyl sites for hydroxylation is 2. The molecule has 3 rings (SSSR count). The summed E-state index contributed by atoms with van der Waals surface area (Å²) < 4.78 is 0.892. The third-order valence-electron chi connectivity index (χ3n) is 3.06. The van der Waals surface area contributed by atoms with E-state index in [-0.39, 0.29) is 0 Å². The molecule has 0 unspecified atom stereocenters. The van der Waals surface area contributed by atoms with Crippen LogP contribution in [0.15, 0.2) is 30.3 Å². The summed E-state index contributed by atoms with van der Waals surface area (Å²) in [5.41, 5.74) is 3.74. The molecule has 2 heterocycles. The third-order valence-corrected chi connectivity index (χ3v) is 4.95. The number of rotatable bonds is 1. The summed E-state index contributed by atoms with van der Waals surface area (Å²) in [6.45, 7) is 3.91. The van der Waals surface area contributed by atoms with E-state index < -0.39 is 0 Å². The molecule has 0 saturated heterocycles. The Bertz CT molecular complexity index is 794. The van der Waals surface area contributed by atoms with E-state index in [1.807, 2.05) is 44.2 Å². The number of aromatic nitrogens is 3. The zero-order valence-corrected chi connectivity index (χ0v) is 13.9. The highest BCUT2D eigenvalue weighted by atomic mass is 127. The summed E-state index contributed by atoms with van der Waals surface area (Å²) in [6.07, 6.45) is 0. The fourth-order valence-corrected chi connectivity index (χ4v) is 2.60. The van der Waals surface area contributed by atoms with Crippen LogP contribution in [-0.4, -0.2) is 15.0 Å². The van der Waals surface area contributed by atoms with Gasteiger partial charge in [0.1, 0.15) is 5.15 Å². The molecule has 0 aliphatic rings. The molecule has 0 bridgehead atoms. The van der Waals surface area contributed by atoms with E-state index in [2.05, 4.69) is 37.5 Å². The van der Waals surface area contributed by atoms with E-state index in [1.54, 1.807) is 0 Å². The second-order valence-electron chi connectivity index (χ2n) is 4.57. The summed E-state index contributed by atoms with van der Waals surface area (Å²) in [6, 6.07) is 9.99. The van der Waals surface area contributed by atoms with Gasteiger partial charge < -0.3 is 0 Å². The van der Waals surface area contributed by atoms with Gasteiger partial charge in [-0.15, -0.1) is 0 Å². The Morgan fingerprint density at radius 1 is 1.05 bits per heavy atom.